The van der Waals surface area contributed by atoms with Crippen molar-refractivity contribution in [2.45, 2.75) is 13.8 Å². The first kappa shape index (κ1) is 14.8. The molecule has 2 aromatic carbocycles. The van der Waals surface area contributed by atoms with Crippen LogP contribution in [0.25, 0.3) is 0 Å². The third-order valence-corrected chi connectivity index (χ3v) is 2.95. The second-order valence-corrected chi connectivity index (χ2v) is 4.53. The summed E-state index contributed by atoms with van der Waals surface area (Å²) in [5, 5.41) is 12.0. The number of amides is 1. The Morgan fingerprint density at radius 2 is 2.05 bits per heavy atom. The molecule has 0 aliphatic rings. The maximum Gasteiger partial charge on any atom is 0.255 e. The van der Waals surface area contributed by atoms with E-state index >= 15 is 0 Å². The summed E-state index contributed by atoms with van der Waals surface area (Å²) in [7, 11) is 0. The quantitative estimate of drug-likeness (QED) is 0.905. The van der Waals surface area contributed by atoms with Gasteiger partial charge in [-0.15, -0.1) is 0 Å². The molecular weight excluding hydrogens is 273 g/mol. The zero-order valence-electron chi connectivity index (χ0n) is 11.8. The van der Waals surface area contributed by atoms with Gasteiger partial charge in [-0.2, -0.15) is 0 Å². The number of aryl methyl sites for hydroxylation is 1. The predicted octanol–water partition coefficient (Wildman–Crippen LogP) is 3.49. The molecule has 0 aliphatic carbocycles. The van der Waals surface area contributed by atoms with Crippen molar-refractivity contribution >= 4 is 11.6 Å². The largest absolute Gasteiger partial charge is 0.508 e. The Morgan fingerprint density at radius 1 is 1.29 bits per heavy atom. The number of phenolic OH excluding ortho intramolecular Hbond substituents is 1. The van der Waals surface area contributed by atoms with Crippen LogP contribution in [0.5, 0.6) is 11.5 Å². The number of halogens is 1. The van der Waals surface area contributed by atoms with Gasteiger partial charge in [0.25, 0.3) is 5.91 Å². The number of nitrogens with one attached hydrogen (secondary N) is 1. The molecule has 2 rings (SSSR count). The van der Waals surface area contributed by atoms with Gasteiger partial charge < -0.3 is 15.2 Å². The van der Waals surface area contributed by atoms with Crippen LogP contribution in [0.1, 0.15) is 22.8 Å². The lowest BCUT2D eigenvalue weighted by molar-refractivity contribution is 0.102. The van der Waals surface area contributed by atoms with Crippen molar-refractivity contribution in [3.8, 4) is 11.5 Å². The maximum absolute atomic E-state index is 13.7. The van der Waals surface area contributed by atoms with Gasteiger partial charge in [-0.1, -0.05) is 0 Å². The van der Waals surface area contributed by atoms with E-state index in [-0.39, 0.29) is 17.4 Å². The van der Waals surface area contributed by atoms with E-state index in [1.807, 2.05) is 0 Å². The van der Waals surface area contributed by atoms with Crippen molar-refractivity contribution in [2.24, 2.45) is 0 Å². The van der Waals surface area contributed by atoms with E-state index < -0.39 is 5.82 Å². The highest BCUT2D eigenvalue weighted by Gasteiger charge is 2.10. The fraction of sp³-hybridized carbons (Fsp3) is 0.188. The highest BCUT2D eigenvalue weighted by molar-refractivity contribution is 6.04. The van der Waals surface area contributed by atoms with Crippen LogP contribution in [-0.2, 0) is 0 Å². The van der Waals surface area contributed by atoms with E-state index in [2.05, 4.69) is 5.32 Å². The van der Waals surface area contributed by atoms with Crippen molar-refractivity contribution in [2.75, 3.05) is 11.9 Å². The summed E-state index contributed by atoms with van der Waals surface area (Å²) in [4.78, 5) is 12.1. The second kappa shape index (κ2) is 6.26. The average molecular weight is 289 g/mol. The molecule has 0 fully saturated rings. The summed E-state index contributed by atoms with van der Waals surface area (Å²) in [6.07, 6.45) is 0. The molecule has 0 aliphatic heterocycles. The predicted molar refractivity (Wildman–Crippen MR) is 78.4 cm³/mol. The highest BCUT2D eigenvalue weighted by Crippen LogP contribution is 2.22. The van der Waals surface area contributed by atoms with Crippen molar-refractivity contribution in [1.82, 2.24) is 0 Å². The Labute approximate surface area is 122 Å². The van der Waals surface area contributed by atoms with Crippen LogP contribution < -0.4 is 10.1 Å². The Hall–Kier alpha value is -2.56. The summed E-state index contributed by atoms with van der Waals surface area (Å²) in [5.41, 5.74) is 1.33. The highest BCUT2D eigenvalue weighted by atomic mass is 19.1. The van der Waals surface area contributed by atoms with Crippen LogP contribution in [0, 0.1) is 12.7 Å². The van der Waals surface area contributed by atoms with Gasteiger partial charge in [-0.25, -0.2) is 4.39 Å². The fourth-order valence-electron chi connectivity index (χ4n) is 1.85. The summed E-state index contributed by atoms with van der Waals surface area (Å²) in [5.74, 6) is -0.632. The van der Waals surface area contributed by atoms with Crippen LogP contribution in [0.15, 0.2) is 36.4 Å². The van der Waals surface area contributed by atoms with Crippen molar-refractivity contribution in [3.05, 3.63) is 53.3 Å². The molecule has 0 aromatic heterocycles. The smallest absolute Gasteiger partial charge is 0.255 e. The van der Waals surface area contributed by atoms with Gasteiger partial charge in [0.1, 0.15) is 5.75 Å². The number of hydrogen-bond donors (Lipinski definition) is 2. The molecule has 1 amide bonds. The van der Waals surface area contributed by atoms with Crippen LogP contribution in [0.2, 0.25) is 0 Å². The Bertz CT molecular complexity index is 671. The average Bonchev–Trinajstić information content (AvgIpc) is 2.45. The SMILES string of the molecule is CCOc1ccc(NC(=O)c2ccc(O)c(C)c2)cc1F. The van der Waals surface area contributed by atoms with Gasteiger partial charge in [0.15, 0.2) is 11.6 Å². The van der Waals surface area contributed by atoms with Gasteiger partial charge in [0.2, 0.25) is 0 Å². The first-order valence-corrected chi connectivity index (χ1v) is 6.54. The maximum atomic E-state index is 13.7. The molecule has 0 saturated heterocycles. The fourth-order valence-corrected chi connectivity index (χ4v) is 1.85. The van der Waals surface area contributed by atoms with Gasteiger partial charge in [-0.3, -0.25) is 4.79 Å². The molecule has 0 atom stereocenters. The van der Waals surface area contributed by atoms with E-state index in [4.69, 9.17) is 4.74 Å². The number of ether oxygens (including phenoxy) is 1. The Morgan fingerprint density at radius 3 is 2.67 bits per heavy atom. The van der Waals surface area contributed by atoms with E-state index in [0.717, 1.165) is 0 Å². The van der Waals surface area contributed by atoms with Gasteiger partial charge in [-0.05, 0) is 49.7 Å². The Kier molecular flexibility index (Phi) is 4.42. The lowest BCUT2D eigenvalue weighted by Crippen LogP contribution is -2.12. The van der Waals surface area contributed by atoms with Crippen LogP contribution in [0.3, 0.4) is 0 Å². The molecule has 5 heteroatoms. The van der Waals surface area contributed by atoms with Crippen LogP contribution in [0.4, 0.5) is 10.1 Å². The lowest BCUT2D eigenvalue weighted by atomic mass is 10.1. The molecular formula is C16H16FNO3. The number of carbonyl (C=O) groups is 1. The number of carbonyl (C=O) groups excluding carboxylic acids is 1. The molecule has 0 radical (unpaired) electrons. The zero-order valence-corrected chi connectivity index (χ0v) is 11.8. The third kappa shape index (κ3) is 3.51. The molecule has 4 nitrogen and oxygen atoms in total. The van der Waals surface area contributed by atoms with Crippen molar-refractivity contribution in [1.29, 1.82) is 0 Å². The number of benzene rings is 2. The number of rotatable bonds is 4. The third-order valence-electron chi connectivity index (χ3n) is 2.95. The van der Waals surface area contributed by atoms with E-state index in [1.165, 1.54) is 24.3 Å². The van der Waals surface area contributed by atoms with Crippen molar-refractivity contribution in [3.63, 3.8) is 0 Å². The number of aromatic hydroxyl groups is 1. The summed E-state index contributed by atoms with van der Waals surface area (Å²) >= 11 is 0. The van der Waals surface area contributed by atoms with Crippen molar-refractivity contribution < 1.29 is 19.0 Å². The molecule has 0 saturated carbocycles. The van der Waals surface area contributed by atoms with Gasteiger partial charge in [0.05, 0.1) is 6.61 Å². The molecule has 2 aromatic rings. The first-order valence-electron chi connectivity index (χ1n) is 6.54. The summed E-state index contributed by atoms with van der Waals surface area (Å²) in [6.45, 7) is 3.83. The molecule has 0 bridgehead atoms. The summed E-state index contributed by atoms with van der Waals surface area (Å²) in [6, 6.07) is 8.76. The minimum Gasteiger partial charge on any atom is -0.508 e. The molecule has 0 unspecified atom stereocenters. The minimum absolute atomic E-state index is 0.124. The van der Waals surface area contributed by atoms with E-state index in [9.17, 15) is 14.3 Å². The van der Waals surface area contributed by atoms with E-state index in [1.54, 1.807) is 26.0 Å². The lowest BCUT2D eigenvalue weighted by Gasteiger charge is -2.09. The Balaban J connectivity index is 2.15. The van der Waals surface area contributed by atoms with Crippen LogP contribution >= 0.6 is 0 Å². The number of hydrogen-bond acceptors (Lipinski definition) is 3. The molecule has 21 heavy (non-hydrogen) atoms. The number of phenols is 1. The van der Waals surface area contributed by atoms with Crippen LogP contribution in [-0.4, -0.2) is 17.6 Å². The molecule has 0 spiro atoms. The number of anilines is 1. The topological polar surface area (TPSA) is 58.6 Å². The minimum atomic E-state index is -0.531. The normalized spacial score (nSPS) is 10.2. The molecule has 2 N–H and O–H groups in total. The molecule has 0 heterocycles. The molecule has 110 valence electrons. The standard InChI is InChI=1S/C16H16FNO3/c1-3-21-15-7-5-12(9-13(15)17)18-16(20)11-4-6-14(19)10(2)8-11/h4-9,19H,3H2,1-2H3,(H,18,20). The second-order valence-electron chi connectivity index (χ2n) is 4.53. The summed E-state index contributed by atoms with van der Waals surface area (Å²) < 4.78 is 18.8. The zero-order chi connectivity index (χ0) is 15.4. The van der Waals surface area contributed by atoms with Gasteiger partial charge in [0, 0.05) is 17.3 Å². The van der Waals surface area contributed by atoms with E-state index in [0.29, 0.717) is 23.4 Å². The van der Waals surface area contributed by atoms with Gasteiger partial charge >= 0.3 is 0 Å². The first-order chi connectivity index (χ1) is 10.0. The monoisotopic (exact) mass is 289 g/mol.